The largest absolute Gasteiger partial charge is 0.478 e. The van der Waals surface area contributed by atoms with Gasteiger partial charge in [0.1, 0.15) is 6.10 Å². The van der Waals surface area contributed by atoms with Crippen LogP contribution in [0.2, 0.25) is 0 Å². The number of carbonyl (C=O) groups excluding carboxylic acids is 1. The second-order valence-electron chi connectivity index (χ2n) is 6.61. The lowest BCUT2D eigenvalue weighted by Crippen LogP contribution is -2.17. The Hall–Kier alpha value is -1.32. The smallest absolute Gasteiger partial charge is 0.331 e. The molecule has 0 amide bonds. The predicted octanol–water partition coefficient (Wildman–Crippen LogP) is 5.12. The van der Waals surface area contributed by atoms with Gasteiger partial charge in [-0.3, -0.25) is 0 Å². The molecule has 23 heavy (non-hydrogen) atoms. The molecule has 1 unspecified atom stereocenters. The van der Waals surface area contributed by atoms with Gasteiger partial charge in [-0.25, -0.2) is 9.59 Å². The number of carbonyl (C=O) groups is 2. The number of aliphatic carboxylic acids is 1. The fourth-order valence-electron chi connectivity index (χ4n) is 2.51. The van der Waals surface area contributed by atoms with Crippen LogP contribution in [0.5, 0.6) is 0 Å². The molecule has 0 radical (unpaired) electrons. The lowest BCUT2D eigenvalue weighted by atomic mass is 10.0. The van der Waals surface area contributed by atoms with Crippen molar-refractivity contribution in [3.8, 4) is 0 Å². The van der Waals surface area contributed by atoms with Crippen LogP contribution < -0.4 is 0 Å². The predicted molar refractivity (Wildman–Crippen MR) is 93.3 cm³/mol. The lowest BCUT2D eigenvalue weighted by Gasteiger charge is -2.17. The molecule has 0 fully saturated rings. The zero-order chi connectivity index (χ0) is 17.5. The van der Waals surface area contributed by atoms with Gasteiger partial charge in [-0.05, 0) is 31.6 Å². The molecular weight excluding hydrogens is 292 g/mol. The van der Waals surface area contributed by atoms with E-state index in [1.54, 1.807) is 0 Å². The summed E-state index contributed by atoms with van der Waals surface area (Å²) in [5.74, 6) is -0.941. The van der Waals surface area contributed by atoms with Crippen molar-refractivity contribution in [2.45, 2.75) is 91.1 Å². The average Bonchev–Trinajstić information content (AvgIpc) is 2.48. The van der Waals surface area contributed by atoms with Crippen molar-refractivity contribution in [3.63, 3.8) is 0 Å². The summed E-state index contributed by atoms with van der Waals surface area (Å²) in [5, 5.41) is 8.55. The molecule has 0 saturated carbocycles. The third-order valence-corrected chi connectivity index (χ3v) is 3.83. The molecule has 0 heterocycles. The van der Waals surface area contributed by atoms with Crippen molar-refractivity contribution < 1.29 is 19.4 Å². The number of hydrogen-bond donors (Lipinski definition) is 1. The molecule has 0 aromatic carbocycles. The standard InChI is InChI=1S/C19H34O4/c1-4-5-6-9-12-17(13-10-7-8-11-16(2)3)23-19(22)15-14-18(20)21/h14-17H,4-13H2,1-3H3,(H,20,21). The summed E-state index contributed by atoms with van der Waals surface area (Å²) < 4.78 is 5.42. The zero-order valence-electron chi connectivity index (χ0n) is 15.1. The van der Waals surface area contributed by atoms with Crippen LogP contribution in [0.3, 0.4) is 0 Å². The Morgan fingerprint density at radius 1 is 0.913 bits per heavy atom. The lowest BCUT2D eigenvalue weighted by molar-refractivity contribution is -0.144. The monoisotopic (exact) mass is 326 g/mol. The van der Waals surface area contributed by atoms with E-state index in [9.17, 15) is 9.59 Å². The maximum Gasteiger partial charge on any atom is 0.331 e. The number of esters is 1. The number of hydrogen-bond acceptors (Lipinski definition) is 3. The molecule has 0 bridgehead atoms. The van der Waals surface area contributed by atoms with Crippen molar-refractivity contribution >= 4 is 11.9 Å². The molecule has 0 spiro atoms. The highest BCUT2D eigenvalue weighted by Crippen LogP contribution is 2.17. The van der Waals surface area contributed by atoms with Gasteiger partial charge in [-0.1, -0.05) is 59.3 Å². The van der Waals surface area contributed by atoms with Gasteiger partial charge in [0.05, 0.1) is 0 Å². The van der Waals surface area contributed by atoms with Gasteiger partial charge in [0.25, 0.3) is 0 Å². The Labute approximate surface area is 141 Å². The maximum absolute atomic E-state index is 11.7. The molecule has 0 aromatic rings. The number of ether oxygens (including phenoxy) is 1. The molecular formula is C19H34O4. The Morgan fingerprint density at radius 2 is 1.48 bits per heavy atom. The fourth-order valence-corrected chi connectivity index (χ4v) is 2.51. The van der Waals surface area contributed by atoms with Gasteiger partial charge in [0.15, 0.2) is 0 Å². The highest BCUT2D eigenvalue weighted by atomic mass is 16.5. The molecule has 0 aliphatic carbocycles. The molecule has 4 nitrogen and oxygen atoms in total. The summed E-state index contributed by atoms with van der Waals surface area (Å²) in [7, 11) is 0. The normalized spacial score (nSPS) is 12.7. The molecule has 0 saturated heterocycles. The third kappa shape index (κ3) is 15.4. The van der Waals surface area contributed by atoms with Gasteiger partial charge < -0.3 is 9.84 Å². The van der Waals surface area contributed by atoms with Gasteiger partial charge in [-0.15, -0.1) is 0 Å². The van der Waals surface area contributed by atoms with E-state index in [0.29, 0.717) is 0 Å². The first kappa shape index (κ1) is 21.7. The summed E-state index contributed by atoms with van der Waals surface area (Å²) in [6.07, 6.45) is 12.8. The summed E-state index contributed by atoms with van der Waals surface area (Å²) in [5.41, 5.74) is 0. The van der Waals surface area contributed by atoms with Crippen molar-refractivity contribution in [2.75, 3.05) is 0 Å². The highest BCUT2D eigenvalue weighted by Gasteiger charge is 2.13. The van der Waals surface area contributed by atoms with Crippen LogP contribution in [-0.4, -0.2) is 23.1 Å². The third-order valence-electron chi connectivity index (χ3n) is 3.83. The van der Waals surface area contributed by atoms with E-state index in [4.69, 9.17) is 9.84 Å². The Balaban J connectivity index is 4.16. The van der Waals surface area contributed by atoms with E-state index in [1.807, 2.05) is 0 Å². The highest BCUT2D eigenvalue weighted by molar-refractivity contribution is 5.90. The van der Waals surface area contributed by atoms with Crippen LogP contribution in [0.4, 0.5) is 0 Å². The fraction of sp³-hybridized carbons (Fsp3) is 0.789. The van der Waals surface area contributed by atoms with Gasteiger partial charge in [-0.2, -0.15) is 0 Å². The molecule has 1 N–H and O–H groups in total. The van der Waals surface area contributed by atoms with E-state index in [0.717, 1.165) is 56.6 Å². The van der Waals surface area contributed by atoms with Crippen LogP contribution >= 0.6 is 0 Å². The minimum Gasteiger partial charge on any atom is -0.478 e. The second kappa shape index (κ2) is 14.3. The Bertz CT molecular complexity index is 347. The Morgan fingerprint density at radius 3 is 2.00 bits per heavy atom. The summed E-state index contributed by atoms with van der Waals surface area (Å²) in [6, 6.07) is 0. The van der Waals surface area contributed by atoms with E-state index >= 15 is 0 Å². The molecule has 134 valence electrons. The van der Waals surface area contributed by atoms with Crippen molar-refractivity contribution in [3.05, 3.63) is 12.2 Å². The van der Waals surface area contributed by atoms with Gasteiger partial charge in [0, 0.05) is 12.2 Å². The van der Waals surface area contributed by atoms with E-state index in [1.165, 1.54) is 25.7 Å². The number of rotatable bonds is 14. The molecule has 0 aliphatic heterocycles. The number of unbranched alkanes of at least 4 members (excludes halogenated alkanes) is 5. The Kier molecular flexibility index (Phi) is 13.5. The van der Waals surface area contributed by atoms with Crippen LogP contribution in [0, 0.1) is 5.92 Å². The molecule has 4 heteroatoms. The SMILES string of the molecule is CCCCCCC(CCCCCC(C)C)OC(=O)C=CC(=O)O. The summed E-state index contributed by atoms with van der Waals surface area (Å²) in [4.78, 5) is 22.1. The first-order chi connectivity index (χ1) is 11.0. The number of carboxylic acids is 1. The first-order valence-corrected chi connectivity index (χ1v) is 9.07. The quantitative estimate of drug-likeness (QED) is 0.273. The molecule has 0 rings (SSSR count). The van der Waals surface area contributed by atoms with Crippen molar-refractivity contribution in [1.29, 1.82) is 0 Å². The minimum atomic E-state index is -1.13. The van der Waals surface area contributed by atoms with Crippen LogP contribution in [0.1, 0.15) is 85.0 Å². The first-order valence-electron chi connectivity index (χ1n) is 9.07. The molecule has 0 aliphatic rings. The van der Waals surface area contributed by atoms with E-state index in [2.05, 4.69) is 20.8 Å². The average molecular weight is 326 g/mol. The van der Waals surface area contributed by atoms with Gasteiger partial charge >= 0.3 is 11.9 Å². The van der Waals surface area contributed by atoms with E-state index in [-0.39, 0.29) is 6.10 Å². The number of carboxylic acid groups (broad SMARTS) is 1. The molecule has 1 atom stereocenters. The van der Waals surface area contributed by atoms with Crippen LogP contribution in [-0.2, 0) is 14.3 Å². The summed E-state index contributed by atoms with van der Waals surface area (Å²) >= 11 is 0. The topological polar surface area (TPSA) is 63.6 Å². The van der Waals surface area contributed by atoms with Crippen LogP contribution in [0.15, 0.2) is 12.2 Å². The van der Waals surface area contributed by atoms with Gasteiger partial charge in [0.2, 0.25) is 0 Å². The minimum absolute atomic E-state index is 0.0862. The maximum atomic E-state index is 11.7. The molecule has 0 aromatic heterocycles. The van der Waals surface area contributed by atoms with Crippen molar-refractivity contribution in [1.82, 2.24) is 0 Å². The summed E-state index contributed by atoms with van der Waals surface area (Å²) in [6.45, 7) is 6.63. The zero-order valence-corrected chi connectivity index (χ0v) is 15.1. The van der Waals surface area contributed by atoms with Crippen molar-refractivity contribution in [2.24, 2.45) is 5.92 Å². The second-order valence-corrected chi connectivity index (χ2v) is 6.61. The van der Waals surface area contributed by atoms with Crippen LogP contribution in [0.25, 0.3) is 0 Å². The van der Waals surface area contributed by atoms with E-state index < -0.39 is 11.9 Å².